The smallest absolute Gasteiger partial charge is 0.369 e. The van der Waals surface area contributed by atoms with Gasteiger partial charge in [0.1, 0.15) is 0 Å². The molecule has 0 spiro atoms. The fourth-order valence-corrected chi connectivity index (χ4v) is 4.73. The number of benzene rings is 2. The first-order valence-electron chi connectivity index (χ1n) is 10.8. The molecular formula is C24H23F6N3OS. The molecule has 4 nitrogen and oxygen atoms in total. The van der Waals surface area contributed by atoms with Crippen LogP contribution >= 0.6 is 11.3 Å². The summed E-state index contributed by atoms with van der Waals surface area (Å²) in [6.45, 7) is 5.38. The lowest BCUT2D eigenvalue weighted by atomic mass is 9.90. The molecule has 0 unspecified atom stereocenters. The molecule has 11 heteroatoms. The molecule has 0 aliphatic carbocycles. The minimum absolute atomic E-state index is 0.448. The standard InChI is InChI=1S/C24H23F6N3OS/c25-23(26,27)22(34,24(28,29)30)20-7-5-19(6-8-20)18-3-1-17(2-4-18)14-32-9-11-33(12-10-32)15-21-13-31-16-35-21/h1-8,13,16,34H,9-12,14-15H2. The van der Waals surface area contributed by atoms with Gasteiger partial charge in [-0.3, -0.25) is 14.8 Å². The van der Waals surface area contributed by atoms with Crippen molar-refractivity contribution in [3.05, 3.63) is 76.2 Å². The summed E-state index contributed by atoms with van der Waals surface area (Å²) in [6, 6.07) is 11.0. The third kappa shape index (κ3) is 5.53. The molecule has 1 aromatic heterocycles. The molecular weight excluding hydrogens is 492 g/mol. The number of piperazine rings is 1. The molecule has 0 atom stereocenters. The Balaban J connectivity index is 1.38. The predicted molar refractivity (Wildman–Crippen MR) is 121 cm³/mol. The second kappa shape index (κ2) is 9.88. The minimum Gasteiger partial charge on any atom is -0.369 e. The van der Waals surface area contributed by atoms with E-state index in [9.17, 15) is 31.4 Å². The van der Waals surface area contributed by atoms with Crippen LogP contribution in [0.15, 0.2) is 60.2 Å². The van der Waals surface area contributed by atoms with E-state index < -0.39 is 23.5 Å². The predicted octanol–water partition coefficient (Wildman–Crippen LogP) is 5.44. The molecule has 0 saturated carbocycles. The molecule has 4 rings (SSSR count). The summed E-state index contributed by atoms with van der Waals surface area (Å²) >= 11 is 1.64. The normalized spacial score (nSPS) is 16.5. The van der Waals surface area contributed by atoms with Crippen LogP contribution in [-0.2, 0) is 18.7 Å². The highest BCUT2D eigenvalue weighted by Crippen LogP contribution is 2.50. The lowest BCUT2D eigenvalue weighted by molar-refractivity contribution is -0.376. The van der Waals surface area contributed by atoms with E-state index in [1.54, 1.807) is 23.5 Å². The van der Waals surface area contributed by atoms with Crippen molar-refractivity contribution in [2.75, 3.05) is 26.2 Å². The molecule has 1 aliphatic rings. The van der Waals surface area contributed by atoms with Gasteiger partial charge in [-0.15, -0.1) is 11.3 Å². The Kier molecular flexibility index (Phi) is 7.23. The molecule has 1 fully saturated rings. The van der Waals surface area contributed by atoms with E-state index in [4.69, 9.17) is 0 Å². The van der Waals surface area contributed by atoms with Crippen LogP contribution in [0.2, 0.25) is 0 Å². The molecule has 2 heterocycles. The van der Waals surface area contributed by atoms with Gasteiger partial charge in [0.2, 0.25) is 0 Å². The average molecular weight is 516 g/mol. The maximum atomic E-state index is 13.1. The number of alkyl halides is 6. The number of thiazole rings is 1. The van der Waals surface area contributed by atoms with E-state index in [0.29, 0.717) is 23.3 Å². The SMILES string of the molecule is OC(c1ccc(-c2ccc(CN3CCN(Cc4cncs4)CC3)cc2)cc1)(C(F)(F)F)C(F)(F)F. The Hall–Kier alpha value is -2.47. The van der Waals surface area contributed by atoms with Crippen LogP contribution in [-0.4, -0.2) is 58.4 Å². The third-order valence-electron chi connectivity index (χ3n) is 6.14. The second-order valence-electron chi connectivity index (χ2n) is 8.50. The Morgan fingerprint density at radius 3 is 1.69 bits per heavy atom. The largest absolute Gasteiger partial charge is 0.430 e. The fraction of sp³-hybridized carbons (Fsp3) is 0.375. The Bertz CT molecular complexity index is 1080. The van der Waals surface area contributed by atoms with Crippen molar-refractivity contribution in [1.82, 2.24) is 14.8 Å². The summed E-state index contributed by atoms with van der Waals surface area (Å²) in [5, 5.41) is 9.53. The third-order valence-corrected chi connectivity index (χ3v) is 6.91. The summed E-state index contributed by atoms with van der Waals surface area (Å²) in [6.07, 6.45) is -9.92. The van der Waals surface area contributed by atoms with Crippen molar-refractivity contribution in [2.24, 2.45) is 0 Å². The van der Waals surface area contributed by atoms with Crippen molar-refractivity contribution in [2.45, 2.75) is 31.0 Å². The van der Waals surface area contributed by atoms with Gasteiger partial charge in [-0.05, 0) is 16.7 Å². The Morgan fingerprint density at radius 1 is 0.743 bits per heavy atom. The Morgan fingerprint density at radius 2 is 1.23 bits per heavy atom. The number of hydrogen-bond acceptors (Lipinski definition) is 5. The number of halogens is 6. The molecule has 188 valence electrons. The second-order valence-corrected chi connectivity index (χ2v) is 9.47. The number of nitrogens with zero attached hydrogens (tertiary/aromatic N) is 3. The number of aromatic nitrogens is 1. The van der Waals surface area contributed by atoms with Gasteiger partial charge < -0.3 is 5.11 Å². The first-order valence-corrected chi connectivity index (χ1v) is 11.7. The van der Waals surface area contributed by atoms with Gasteiger partial charge >= 0.3 is 12.4 Å². The van der Waals surface area contributed by atoms with Crippen LogP contribution in [0.1, 0.15) is 16.0 Å². The number of hydrogen-bond donors (Lipinski definition) is 1. The van der Waals surface area contributed by atoms with Crippen LogP contribution < -0.4 is 0 Å². The average Bonchev–Trinajstić information content (AvgIpc) is 3.32. The van der Waals surface area contributed by atoms with Crippen molar-refractivity contribution in [3.63, 3.8) is 0 Å². The van der Waals surface area contributed by atoms with E-state index in [1.807, 2.05) is 23.8 Å². The van der Waals surface area contributed by atoms with Crippen LogP contribution in [0.3, 0.4) is 0 Å². The summed E-state index contributed by atoms with van der Waals surface area (Å²) < 4.78 is 78.4. The first-order chi connectivity index (χ1) is 16.5. The summed E-state index contributed by atoms with van der Waals surface area (Å²) in [4.78, 5) is 10.1. The van der Waals surface area contributed by atoms with E-state index in [1.165, 1.54) is 4.88 Å². The highest BCUT2D eigenvalue weighted by Gasteiger charge is 2.71. The molecule has 35 heavy (non-hydrogen) atoms. The van der Waals surface area contributed by atoms with Crippen molar-refractivity contribution >= 4 is 11.3 Å². The van der Waals surface area contributed by atoms with E-state index >= 15 is 0 Å². The maximum absolute atomic E-state index is 13.1. The monoisotopic (exact) mass is 515 g/mol. The zero-order valence-electron chi connectivity index (χ0n) is 18.5. The topological polar surface area (TPSA) is 39.6 Å². The molecule has 3 aromatic rings. The summed E-state index contributed by atoms with van der Waals surface area (Å²) in [5.74, 6) is 0. The van der Waals surface area contributed by atoms with Crippen molar-refractivity contribution in [1.29, 1.82) is 0 Å². The van der Waals surface area contributed by atoms with E-state index in [0.717, 1.165) is 57.0 Å². The van der Waals surface area contributed by atoms with Gasteiger partial charge in [0.25, 0.3) is 5.60 Å². The molecule has 1 N–H and O–H groups in total. The summed E-state index contributed by atoms with van der Waals surface area (Å²) in [5.41, 5.74) is -2.21. The van der Waals surface area contributed by atoms with E-state index in [-0.39, 0.29) is 0 Å². The van der Waals surface area contributed by atoms with Crippen LogP contribution in [0.4, 0.5) is 26.3 Å². The van der Waals surface area contributed by atoms with Crippen molar-refractivity contribution in [3.8, 4) is 11.1 Å². The molecule has 0 radical (unpaired) electrons. The maximum Gasteiger partial charge on any atom is 0.430 e. The first kappa shape index (κ1) is 25.6. The fourth-order valence-electron chi connectivity index (χ4n) is 4.10. The van der Waals surface area contributed by atoms with Gasteiger partial charge in [-0.2, -0.15) is 26.3 Å². The highest BCUT2D eigenvalue weighted by atomic mass is 32.1. The molecule has 2 aromatic carbocycles. The van der Waals surface area contributed by atoms with Gasteiger partial charge in [0.05, 0.1) is 5.51 Å². The molecule has 0 amide bonds. The van der Waals surface area contributed by atoms with E-state index in [2.05, 4.69) is 14.8 Å². The molecule has 1 aliphatic heterocycles. The quantitative estimate of drug-likeness (QED) is 0.444. The number of rotatable bonds is 6. The molecule has 1 saturated heterocycles. The van der Waals surface area contributed by atoms with Crippen molar-refractivity contribution < 1.29 is 31.4 Å². The van der Waals surface area contributed by atoms with Gasteiger partial charge in [-0.25, -0.2) is 0 Å². The van der Waals surface area contributed by atoms with Gasteiger partial charge in [-0.1, -0.05) is 48.5 Å². The zero-order valence-corrected chi connectivity index (χ0v) is 19.3. The van der Waals surface area contributed by atoms with Gasteiger partial charge in [0, 0.05) is 55.9 Å². The van der Waals surface area contributed by atoms with Crippen LogP contribution in [0.25, 0.3) is 11.1 Å². The lowest BCUT2D eigenvalue weighted by Crippen LogP contribution is -2.53. The van der Waals surface area contributed by atoms with Crippen LogP contribution in [0, 0.1) is 0 Å². The van der Waals surface area contributed by atoms with Gasteiger partial charge in [0.15, 0.2) is 0 Å². The minimum atomic E-state index is -5.90. The Labute approximate surface area is 202 Å². The van der Waals surface area contributed by atoms with Crippen LogP contribution in [0.5, 0.6) is 0 Å². The highest BCUT2D eigenvalue weighted by molar-refractivity contribution is 7.09. The number of aliphatic hydroxyl groups is 1. The summed E-state index contributed by atoms with van der Waals surface area (Å²) in [7, 11) is 0. The zero-order chi connectivity index (χ0) is 25.3. The molecule has 0 bridgehead atoms. The lowest BCUT2D eigenvalue weighted by Gasteiger charge is -2.34.